The van der Waals surface area contributed by atoms with E-state index in [1.807, 2.05) is 91.0 Å². The van der Waals surface area contributed by atoms with E-state index in [1.165, 1.54) is 0 Å². The molecule has 1 heterocycles. The highest BCUT2D eigenvalue weighted by atomic mass is 16.3. The summed E-state index contributed by atoms with van der Waals surface area (Å²) in [6.07, 6.45) is 0. The Labute approximate surface area is 162 Å². The number of benzene rings is 4. The lowest BCUT2D eigenvalue weighted by molar-refractivity contribution is 0.480. The largest absolute Gasteiger partial charge is 0.506 e. The number of furan rings is 1. The van der Waals surface area contributed by atoms with Crippen LogP contribution in [0.15, 0.2) is 95.4 Å². The Bertz CT molecular complexity index is 1350. The fourth-order valence-corrected chi connectivity index (χ4v) is 3.41. The maximum Gasteiger partial charge on any atom is 0.139 e. The van der Waals surface area contributed by atoms with Crippen molar-refractivity contribution in [3.63, 3.8) is 0 Å². The monoisotopic (exact) mass is 360 g/mol. The molecule has 0 aliphatic carbocycles. The van der Waals surface area contributed by atoms with E-state index in [2.05, 4.69) is 11.8 Å². The lowest BCUT2D eigenvalue weighted by Gasteiger charge is -2.03. The van der Waals surface area contributed by atoms with Gasteiger partial charge in [-0.3, -0.25) is 0 Å². The van der Waals surface area contributed by atoms with Gasteiger partial charge < -0.3 is 9.52 Å². The fraction of sp³-hybridized carbons (Fsp3) is 0. The van der Waals surface area contributed by atoms with Crippen LogP contribution in [-0.4, -0.2) is 5.11 Å². The lowest BCUT2D eigenvalue weighted by Crippen LogP contribution is -1.83. The highest BCUT2D eigenvalue weighted by Crippen LogP contribution is 2.31. The van der Waals surface area contributed by atoms with Crippen molar-refractivity contribution < 1.29 is 9.52 Å². The molecule has 4 aromatic carbocycles. The summed E-state index contributed by atoms with van der Waals surface area (Å²) in [5.74, 6) is 7.33. The average Bonchev–Trinajstić information content (AvgIpc) is 3.18. The quantitative estimate of drug-likeness (QED) is 0.353. The first-order chi connectivity index (χ1) is 13.8. The van der Waals surface area contributed by atoms with Crippen molar-refractivity contribution in [2.75, 3.05) is 0 Å². The van der Waals surface area contributed by atoms with Gasteiger partial charge in [-0.25, -0.2) is 0 Å². The highest BCUT2D eigenvalue weighted by Gasteiger charge is 2.09. The average molecular weight is 360 g/mol. The molecule has 2 nitrogen and oxygen atoms in total. The number of phenols is 1. The summed E-state index contributed by atoms with van der Waals surface area (Å²) in [7, 11) is 0. The Kier molecular flexibility index (Phi) is 3.85. The van der Waals surface area contributed by atoms with Crippen LogP contribution < -0.4 is 0 Å². The normalized spacial score (nSPS) is 10.7. The summed E-state index contributed by atoms with van der Waals surface area (Å²) >= 11 is 0. The molecule has 1 aromatic heterocycles. The van der Waals surface area contributed by atoms with E-state index < -0.39 is 0 Å². The first kappa shape index (κ1) is 16.2. The topological polar surface area (TPSA) is 33.4 Å². The van der Waals surface area contributed by atoms with Crippen LogP contribution in [0.5, 0.6) is 5.75 Å². The maximum absolute atomic E-state index is 10.6. The zero-order valence-corrected chi connectivity index (χ0v) is 15.0. The van der Waals surface area contributed by atoms with Crippen molar-refractivity contribution in [2.24, 2.45) is 0 Å². The standard InChI is InChI=1S/C26H16O2/c27-26-20(16-14-19-8-2-5-11-23(19)26)15-13-18-7-1-4-10-22(18)25-17-21-9-3-6-12-24(21)28-25/h1-12,14,16-17,27H. The van der Waals surface area contributed by atoms with Crippen LogP contribution in [0.3, 0.4) is 0 Å². The van der Waals surface area contributed by atoms with Gasteiger partial charge in [0.15, 0.2) is 0 Å². The number of rotatable bonds is 1. The molecule has 0 amide bonds. The third-order valence-corrected chi connectivity index (χ3v) is 4.85. The zero-order chi connectivity index (χ0) is 18.9. The van der Waals surface area contributed by atoms with E-state index in [-0.39, 0.29) is 5.75 Å². The van der Waals surface area contributed by atoms with Crippen LogP contribution in [0, 0.1) is 11.8 Å². The van der Waals surface area contributed by atoms with Crippen LogP contribution >= 0.6 is 0 Å². The van der Waals surface area contributed by atoms with Gasteiger partial charge in [-0.05, 0) is 35.7 Å². The maximum atomic E-state index is 10.6. The molecule has 0 radical (unpaired) electrons. The van der Waals surface area contributed by atoms with Gasteiger partial charge >= 0.3 is 0 Å². The van der Waals surface area contributed by atoms with Crippen molar-refractivity contribution in [3.8, 4) is 28.9 Å². The number of phenolic OH excluding ortho intramolecular Hbond substituents is 1. The second kappa shape index (κ2) is 6.64. The second-order valence-electron chi connectivity index (χ2n) is 6.63. The van der Waals surface area contributed by atoms with Gasteiger partial charge in [0.05, 0.1) is 5.56 Å². The summed E-state index contributed by atoms with van der Waals surface area (Å²) in [6, 6.07) is 29.5. The molecule has 1 N–H and O–H groups in total. The Balaban J connectivity index is 1.60. The molecular weight excluding hydrogens is 344 g/mol. The van der Waals surface area contributed by atoms with Crippen molar-refractivity contribution in [1.82, 2.24) is 0 Å². The summed E-state index contributed by atoms with van der Waals surface area (Å²) in [5.41, 5.74) is 3.26. The van der Waals surface area contributed by atoms with Crippen molar-refractivity contribution in [1.29, 1.82) is 0 Å². The summed E-state index contributed by atoms with van der Waals surface area (Å²) in [6.45, 7) is 0. The van der Waals surface area contributed by atoms with E-state index in [0.717, 1.165) is 38.6 Å². The Hall–Kier alpha value is -3.96. The SMILES string of the molecule is Oc1c(C#Cc2ccccc2-c2cc3ccccc3o2)ccc2ccccc12. The summed E-state index contributed by atoms with van der Waals surface area (Å²) in [4.78, 5) is 0. The number of fused-ring (bicyclic) bond motifs is 2. The number of para-hydroxylation sites is 1. The highest BCUT2D eigenvalue weighted by molar-refractivity contribution is 5.90. The molecule has 5 rings (SSSR count). The smallest absolute Gasteiger partial charge is 0.139 e. The van der Waals surface area contributed by atoms with E-state index >= 15 is 0 Å². The van der Waals surface area contributed by atoms with Gasteiger partial charge in [-0.1, -0.05) is 72.5 Å². The molecule has 5 aromatic rings. The first-order valence-electron chi connectivity index (χ1n) is 9.10. The lowest BCUT2D eigenvalue weighted by atomic mass is 10.0. The molecule has 0 unspecified atom stereocenters. The zero-order valence-electron chi connectivity index (χ0n) is 15.0. The molecule has 2 heteroatoms. The molecule has 0 atom stereocenters. The minimum absolute atomic E-state index is 0.215. The minimum atomic E-state index is 0.215. The Morgan fingerprint density at radius 3 is 2.25 bits per heavy atom. The molecule has 0 bridgehead atoms. The van der Waals surface area contributed by atoms with E-state index in [0.29, 0.717) is 5.56 Å². The van der Waals surface area contributed by atoms with E-state index in [4.69, 9.17) is 4.42 Å². The van der Waals surface area contributed by atoms with Crippen LogP contribution in [0.4, 0.5) is 0 Å². The third kappa shape index (κ3) is 2.80. The predicted molar refractivity (Wildman–Crippen MR) is 113 cm³/mol. The third-order valence-electron chi connectivity index (χ3n) is 4.85. The van der Waals surface area contributed by atoms with E-state index in [9.17, 15) is 5.11 Å². The van der Waals surface area contributed by atoms with Gasteiger partial charge in [0.25, 0.3) is 0 Å². The van der Waals surface area contributed by atoms with Crippen molar-refractivity contribution in [2.45, 2.75) is 0 Å². The van der Waals surface area contributed by atoms with Crippen LogP contribution in [0.25, 0.3) is 33.1 Å². The van der Waals surface area contributed by atoms with Crippen LogP contribution in [0.1, 0.15) is 11.1 Å². The number of aromatic hydroxyl groups is 1. The molecule has 0 saturated heterocycles. The molecule has 132 valence electrons. The summed E-state index contributed by atoms with van der Waals surface area (Å²) in [5, 5.41) is 13.4. The summed E-state index contributed by atoms with van der Waals surface area (Å²) < 4.78 is 6.01. The molecule has 0 spiro atoms. The van der Waals surface area contributed by atoms with Gasteiger partial charge in [-0.15, -0.1) is 0 Å². The number of hydrogen-bond donors (Lipinski definition) is 1. The van der Waals surface area contributed by atoms with Gasteiger partial charge in [-0.2, -0.15) is 0 Å². The molecule has 0 aliphatic rings. The molecule has 28 heavy (non-hydrogen) atoms. The number of hydrogen-bond acceptors (Lipinski definition) is 2. The van der Waals surface area contributed by atoms with Gasteiger partial charge in [0.2, 0.25) is 0 Å². The van der Waals surface area contributed by atoms with Crippen LogP contribution in [-0.2, 0) is 0 Å². The van der Waals surface area contributed by atoms with Gasteiger partial charge in [0.1, 0.15) is 17.1 Å². The first-order valence-corrected chi connectivity index (χ1v) is 9.10. The Morgan fingerprint density at radius 1 is 0.643 bits per heavy atom. The van der Waals surface area contributed by atoms with Crippen molar-refractivity contribution in [3.05, 3.63) is 102 Å². The molecular formula is C26H16O2. The second-order valence-corrected chi connectivity index (χ2v) is 6.63. The van der Waals surface area contributed by atoms with Crippen LogP contribution in [0.2, 0.25) is 0 Å². The molecule has 0 fully saturated rings. The fourth-order valence-electron chi connectivity index (χ4n) is 3.41. The van der Waals surface area contributed by atoms with E-state index in [1.54, 1.807) is 0 Å². The van der Waals surface area contributed by atoms with Crippen molar-refractivity contribution >= 4 is 21.7 Å². The Morgan fingerprint density at radius 2 is 1.36 bits per heavy atom. The minimum Gasteiger partial charge on any atom is -0.506 e. The molecule has 0 saturated carbocycles. The predicted octanol–water partition coefficient (Wildman–Crippen LogP) is 6.36. The molecule has 0 aliphatic heterocycles. The van der Waals surface area contributed by atoms with Gasteiger partial charge in [0, 0.05) is 21.9 Å².